The molecular weight excluding hydrogens is 470 g/mol. The minimum absolute atomic E-state index is 0.0172. The van der Waals surface area contributed by atoms with Gasteiger partial charge in [0.05, 0.1) is 21.8 Å². The van der Waals surface area contributed by atoms with Crippen molar-refractivity contribution in [2.24, 2.45) is 0 Å². The van der Waals surface area contributed by atoms with Gasteiger partial charge in [-0.05, 0) is 42.5 Å². The molecule has 0 saturated heterocycles. The molecule has 2 heterocycles. The molecule has 0 saturated carbocycles. The van der Waals surface area contributed by atoms with E-state index in [0.29, 0.717) is 30.4 Å². The minimum atomic E-state index is -4.01. The largest absolute Gasteiger partial charge is 0.486 e. The van der Waals surface area contributed by atoms with Gasteiger partial charge in [-0.2, -0.15) is 5.10 Å². The molecule has 9 nitrogen and oxygen atoms in total. The predicted molar refractivity (Wildman–Crippen MR) is 127 cm³/mol. The summed E-state index contributed by atoms with van der Waals surface area (Å²) < 4.78 is 46.5. The third-order valence-corrected chi connectivity index (χ3v) is 6.59. The lowest BCUT2D eigenvalue weighted by Crippen LogP contribution is -2.18. The molecule has 0 aliphatic carbocycles. The number of benzene rings is 3. The van der Waals surface area contributed by atoms with Gasteiger partial charge in [0.15, 0.2) is 11.5 Å². The van der Waals surface area contributed by atoms with E-state index in [2.05, 4.69) is 9.82 Å². The van der Waals surface area contributed by atoms with Crippen LogP contribution in [-0.2, 0) is 21.4 Å². The Hall–Kier alpha value is -4.31. The van der Waals surface area contributed by atoms with E-state index >= 15 is 0 Å². The number of carbonyl (C=O) groups is 1. The molecule has 0 unspecified atom stereocenters. The maximum Gasteiger partial charge on any atom is 0.340 e. The summed E-state index contributed by atoms with van der Waals surface area (Å²) in [6, 6.07) is 21.9. The van der Waals surface area contributed by atoms with Crippen LogP contribution in [0.25, 0.3) is 5.69 Å². The van der Waals surface area contributed by atoms with Crippen molar-refractivity contribution in [1.29, 1.82) is 0 Å². The highest BCUT2D eigenvalue weighted by Gasteiger charge is 2.22. The van der Waals surface area contributed by atoms with E-state index in [4.69, 9.17) is 14.2 Å². The lowest BCUT2D eigenvalue weighted by Gasteiger charge is -2.19. The van der Waals surface area contributed by atoms with Crippen molar-refractivity contribution in [2.45, 2.75) is 11.5 Å². The lowest BCUT2D eigenvalue weighted by atomic mass is 10.2. The molecule has 5 rings (SSSR count). The number of hydrogen-bond donors (Lipinski definition) is 1. The van der Waals surface area contributed by atoms with Crippen molar-refractivity contribution in [2.75, 3.05) is 17.9 Å². The van der Waals surface area contributed by atoms with Gasteiger partial charge in [-0.1, -0.05) is 30.3 Å². The fourth-order valence-electron chi connectivity index (χ4n) is 3.53. The third-order valence-electron chi connectivity index (χ3n) is 5.23. The van der Waals surface area contributed by atoms with Gasteiger partial charge < -0.3 is 14.2 Å². The fourth-order valence-corrected chi connectivity index (χ4v) is 4.62. The van der Waals surface area contributed by atoms with Crippen LogP contribution in [0.3, 0.4) is 0 Å². The number of aromatic nitrogens is 2. The Morgan fingerprint density at radius 1 is 0.943 bits per heavy atom. The van der Waals surface area contributed by atoms with E-state index < -0.39 is 16.0 Å². The standard InChI is InChI=1S/C25H21N3O6S/c29-25(34-17-18-12-13-28(26-18)19-6-2-1-3-7-19)21-8-4-5-9-22(21)27-35(30,31)20-10-11-23-24(16-20)33-15-14-32-23/h1-13,16,27H,14-15,17H2. The number of sulfonamides is 1. The number of nitrogens with one attached hydrogen (secondary N) is 1. The minimum Gasteiger partial charge on any atom is -0.486 e. The Morgan fingerprint density at radius 2 is 1.69 bits per heavy atom. The predicted octanol–water partition coefficient (Wildman–Crippen LogP) is 3.80. The molecule has 10 heteroatoms. The molecular formula is C25H21N3O6S. The van der Waals surface area contributed by atoms with Crippen LogP contribution in [0.5, 0.6) is 11.5 Å². The first kappa shape index (κ1) is 22.5. The first-order valence-electron chi connectivity index (χ1n) is 10.8. The quantitative estimate of drug-likeness (QED) is 0.392. The van der Waals surface area contributed by atoms with Crippen molar-refractivity contribution in [3.05, 3.63) is 96.3 Å². The van der Waals surface area contributed by atoms with E-state index in [9.17, 15) is 13.2 Å². The molecule has 0 fully saturated rings. The first-order valence-corrected chi connectivity index (χ1v) is 12.3. The van der Waals surface area contributed by atoms with Crippen molar-refractivity contribution in [1.82, 2.24) is 9.78 Å². The number of fused-ring (bicyclic) bond motifs is 1. The third kappa shape index (κ3) is 4.97. The van der Waals surface area contributed by atoms with E-state index in [1.54, 1.807) is 29.1 Å². The van der Waals surface area contributed by atoms with Crippen molar-refractivity contribution >= 4 is 21.7 Å². The number of anilines is 1. The molecule has 1 aliphatic rings. The Balaban J connectivity index is 1.30. The fraction of sp³-hybridized carbons (Fsp3) is 0.120. The van der Waals surface area contributed by atoms with E-state index in [0.717, 1.165) is 5.69 Å². The van der Waals surface area contributed by atoms with Gasteiger partial charge in [0.25, 0.3) is 10.0 Å². The number of para-hydroxylation sites is 2. The van der Waals surface area contributed by atoms with Crippen molar-refractivity contribution < 1.29 is 27.4 Å². The second kappa shape index (κ2) is 9.51. The van der Waals surface area contributed by atoms with Gasteiger partial charge in [0.2, 0.25) is 0 Å². The number of esters is 1. The molecule has 0 spiro atoms. The van der Waals surface area contributed by atoms with E-state index in [-0.39, 0.29) is 22.8 Å². The number of ether oxygens (including phenoxy) is 3. The first-order chi connectivity index (χ1) is 17.0. The molecule has 3 aromatic carbocycles. The number of carbonyl (C=O) groups excluding carboxylic acids is 1. The van der Waals surface area contributed by atoms with Crippen LogP contribution in [-0.4, -0.2) is 37.4 Å². The van der Waals surface area contributed by atoms with Gasteiger partial charge in [-0.3, -0.25) is 4.72 Å². The molecule has 35 heavy (non-hydrogen) atoms. The summed E-state index contributed by atoms with van der Waals surface area (Å²) >= 11 is 0. The summed E-state index contributed by atoms with van der Waals surface area (Å²) in [6.07, 6.45) is 1.77. The summed E-state index contributed by atoms with van der Waals surface area (Å²) in [7, 11) is -4.01. The van der Waals surface area contributed by atoms with Crippen molar-refractivity contribution in [3.63, 3.8) is 0 Å². The summed E-state index contributed by atoms with van der Waals surface area (Å²) in [5.41, 5.74) is 1.61. The highest BCUT2D eigenvalue weighted by molar-refractivity contribution is 7.92. The zero-order valence-corrected chi connectivity index (χ0v) is 19.3. The highest BCUT2D eigenvalue weighted by atomic mass is 32.2. The Morgan fingerprint density at radius 3 is 2.51 bits per heavy atom. The average Bonchev–Trinajstić information content (AvgIpc) is 3.37. The van der Waals surface area contributed by atoms with Crippen LogP contribution in [0.4, 0.5) is 5.69 Å². The summed E-state index contributed by atoms with van der Waals surface area (Å²) in [6.45, 7) is 0.670. The van der Waals surface area contributed by atoms with Gasteiger partial charge >= 0.3 is 5.97 Å². The molecule has 1 aliphatic heterocycles. The number of nitrogens with zero attached hydrogens (tertiary/aromatic N) is 2. The Bertz CT molecular complexity index is 1470. The molecule has 178 valence electrons. The van der Waals surface area contributed by atoms with E-state index in [1.165, 1.54) is 30.3 Å². The molecule has 1 aromatic heterocycles. The maximum absolute atomic E-state index is 13.0. The highest BCUT2D eigenvalue weighted by Crippen LogP contribution is 2.33. The van der Waals surface area contributed by atoms with Gasteiger partial charge in [0.1, 0.15) is 25.5 Å². The number of hydrogen-bond acceptors (Lipinski definition) is 7. The topological polar surface area (TPSA) is 109 Å². The second-order valence-electron chi connectivity index (χ2n) is 7.62. The van der Waals surface area contributed by atoms with Crippen LogP contribution < -0.4 is 14.2 Å². The lowest BCUT2D eigenvalue weighted by molar-refractivity contribution is 0.0468. The van der Waals surface area contributed by atoms with E-state index in [1.807, 2.05) is 30.3 Å². The van der Waals surface area contributed by atoms with Gasteiger partial charge in [-0.25, -0.2) is 17.9 Å². The molecule has 0 amide bonds. The van der Waals surface area contributed by atoms with Crippen LogP contribution in [0, 0.1) is 0 Å². The Labute approximate surface area is 201 Å². The summed E-state index contributed by atoms with van der Waals surface area (Å²) in [4.78, 5) is 12.8. The normalized spacial score (nSPS) is 12.7. The van der Waals surface area contributed by atoms with Crippen LogP contribution in [0.15, 0.2) is 90.0 Å². The zero-order valence-electron chi connectivity index (χ0n) is 18.5. The monoisotopic (exact) mass is 491 g/mol. The molecule has 0 bridgehead atoms. The van der Waals surface area contributed by atoms with Crippen molar-refractivity contribution in [3.8, 4) is 17.2 Å². The van der Waals surface area contributed by atoms with Gasteiger partial charge in [0, 0.05) is 12.3 Å². The Kier molecular flexibility index (Phi) is 6.11. The molecule has 0 radical (unpaired) electrons. The average molecular weight is 492 g/mol. The summed E-state index contributed by atoms with van der Waals surface area (Å²) in [5, 5.41) is 4.41. The molecule has 1 N–H and O–H groups in total. The smallest absolute Gasteiger partial charge is 0.340 e. The molecule has 0 atom stereocenters. The SMILES string of the molecule is O=C(OCc1ccn(-c2ccccc2)n1)c1ccccc1NS(=O)(=O)c1ccc2c(c1)OCCO2. The molecule has 4 aromatic rings. The zero-order chi connectivity index (χ0) is 24.3. The summed E-state index contributed by atoms with van der Waals surface area (Å²) in [5.74, 6) is 0.148. The van der Waals surface area contributed by atoms with Gasteiger partial charge in [-0.15, -0.1) is 0 Å². The second-order valence-corrected chi connectivity index (χ2v) is 9.30. The van der Waals surface area contributed by atoms with Crippen LogP contribution in [0.2, 0.25) is 0 Å². The van der Waals surface area contributed by atoms with Crippen LogP contribution >= 0.6 is 0 Å². The van der Waals surface area contributed by atoms with Crippen LogP contribution in [0.1, 0.15) is 16.1 Å². The number of rotatable bonds is 7. The maximum atomic E-state index is 13.0.